The molecule has 1 aromatic heterocycles. The molecule has 2 amide bonds. The van der Waals surface area contributed by atoms with Crippen LogP contribution in [-0.2, 0) is 23.3 Å². The standard InChI is InChI=1S/C19H20FN5O3S/c20-16-9-15-11-24(12-18(15)22-10-16)19(26)23-17-3-1-13(2-4-17)14-5-7-25(8-6-14)29(21,27)28/h1-5,9-10H,6-8,11-12H2,(H,23,26)(H2,21,27,28). The first kappa shape index (κ1) is 19.5. The van der Waals surface area contributed by atoms with Crippen molar-refractivity contribution in [2.45, 2.75) is 19.5 Å². The highest BCUT2D eigenvalue weighted by Crippen LogP contribution is 2.25. The summed E-state index contributed by atoms with van der Waals surface area (Å²) in [6, 6.07) is 8.46. The fourth-order valence-electron chi connectivity index (χ4n) is 3.49. The molecule has 1 aromatic carbocycles. The van der Waals surface area contributed by atoms with Gasteiger partial charge in [-0.25, -0.2) is 14.3 Å². The summed E-state index contributed by atoms with van der Waals surface area (Å²) in [5.41, 5.74) is 4.05. The number of nitrogens with zero attached hydrogens (tertiary/aromatic N) is 3. The minimum Gasteiger partial charge on any atom is -0.314 e. The molecular formula is C19H20FN5O3S. The molecule has 2 aromatic rings. The van der Waals surface area contributed by atoms with Gasteiger partial charge in [0, 0.05) is 25.3 Å². The lowest BCUT2D eigenvalue weighted by Gasteiger charge is -2.24. The van der Waals surface area contributed by atoms with E-state index in [4.69, 9.17) is 5.14 Å². The molecule has 0 radical (unpaired) electrons. The van der Waals surface area contributed by atoms with E-state index in [0.29, 0.717) is 43.0 Å². The van der Waals surface area contributed by atoms with Crippen LogP contribution in [0.15, 0.2) is 42.6 Å². The predicted octanol–water partition coefficient (Wildman–Crippen LogP) is 2.06. The SMILES string of the molecule is NS(=O)(=O)N1CC=C(c2ccc(NC(=O)N3Cc4cc(F)cnc4C3)cc2)CC1. The first-order valence-electron chi connectivity index (χ1n) is 9.06. The van der Waals surface area contributed by atoms with Crippen molar-refractivity contribution in [1.82, 2.24) is 14.2 Å². The van der Waals surface area contributed by atoms with Crippen LogP contribution in [0.1, 0.15) is 23.2 Å². The minimum atomic E-state index is -3.67. The number of hydrogen-bond acceptors (Lipinski definition) is 4. The zero-order valence-corrected chi connectivity index (χ0v) is 16.3. The second-order valence-corrected chi connectivity index (χ2v) is 8.55. The number of benzene rings is 1. The molecule has 0 aliphatic carbocycles. The van der Waals surface area contributed by atoms with Crippen LogP contribution in [0.5, 0.6) is 0 Å². The summed E-state index contributed by atoms with van der Waals surface area (Å²) in [5.74, 6) is -0.411. The first-order valence-corrected chi connectivity index (χ1v) is 10.6. The molecule has 152 valence electrons. The van der Waals surface area contributed by atoms with E-state index in [1.165, 1.54) is 10.4 Å². The van der Waals surface area contributed by atoms with Gasteiger partial charge in [-0.05, 0) is 41.3 Å². The van der Waals surface area contributed by atoms with E-state index in [1.807, 2.05) is 18.2 Å². The van der Waals surface area contributed by atoms with Crippen LogP contribution in [0.3, 0.4) is 0 Å². The second kappa shape index (κ2) is 7.54. The first-order chi connectivity index (χ1) is 13.8. The number of rotatable bonds is 3. The number of amides is 2. The van der Waals surface area contributed by atoms with Gasteiger partial charge in [0.05, 0.1) is 18.4 Å². The van der Waals surface area contributed by atoms with Crippen LogP contribution in [0.2, 0.25) is 0 Å². The van der Waals surface area contributed by atoms with Crippen LogP contribution < -0.4 is 10.5 Å². The molecule has 2 aliphatic rings. The lowest BCUT2D eigenvalue weighted by atomic mass is 10.0. The number of carbonyl (C=O) groups is 1. The average molecular weight is 417 g/mol. The molecule has 0 spiro atoms. The van der Waals surface area contributed by atoms with Gasteiger partial charge in [0.2, 0.25) is 0 Å². The maximum Gasteiger partial charge on any atom is 0.322 e. The molecule has 10 heteroatoms. The quantitative estimate of drug-likeness (QED) is 0.797. The summed E-state index contributed by atoms with van der Waals surface area (Å²) >= 11 is 0. The van der Waals surface area contributed by atoms with E-state index in [0.717, 1.165) is 17.3 Å². The summed E-state index contributed by atoms with van der Waals surface area (Å²) in [5, 5.41) is 7.98. The smallest absolute Gasteiger partial charge is 0.314 e. The third kappa shape index (κ3) is 4.29. The van der Waals surface area contributed by atoms with E-state index in [9.17, 15) is 17.6 Å². The summed E-state index contributed by atoms with van der Waals surface area (Å²) in [7, 11) is -3.67. The fourth-order valence-corrected chi connectivity index (χ4v) is 4.12. The third-order valence-corrected chi connectivity index (χ3v) is 6.11. The molecule has 0 saturated heterocycles. The Bertz CT molecular complexity index is 1090. The third-order valence-electron chi connectivity index (χ3n) is 5.05. The van der Waals surface area contributed by atoms with Gasteiger partial charge in [-0.1, -0.05) is 18.2 Å². The van der Waals surface area contributed by atoms with Gasteiger partial charge < -0.3 is 10.2 Å². The number of anilines is 1. The number of urea groups is 1. The Hall–Kier alpha value is -2.82. The van der Waals surface area contributed by atoms with Crippen molar-refractivity contribution in [3.63, 3.8) is 0 Å². The van der Waals surface area contributed by atoms with E-state index in [1.54, 1.807) is 17.0 Å². The van der Waals surface area contributed by atoms with Crippen molar-refractivity contribution in [3.8, 4) is 0 Å². The zero-order chi connectivity index (χ0) is 20.6. The topological polar surface area (TPSA) is 109 Å². The molecule has 29 heavy (non-hydrogen) atoms. The molecule has 3 N–H and O–H groups in total. The Labute approximate surface area is 168 Å². The highest BCUT2D eigenvalue weighted by molar-refractivity contribution is 7.86. The molecule has 4 rings (SSSR count). The van der Waals surface area contributed by atoms with Crippen molar-refractivity contribution in [2.75, 3.05) is 18.4 Å². The molecule has 0 bridgehead atoms. The van der Waals surface area contributed by atoms with Crippen LogP contribution >= 0.6 is 0 Å². The Morgan fingerprint density at radius 1 is 1.21 bits per heavy atom. The van der Waals surface area contributed by atoms with E-state index >= 15 is 0 Å². The van der Waals surface area contributed by atoms with Crippen molar-refractivity contribution in [3.05, 3.63) is 65.2 Å². The van der Waals surface area contributed by atoms with Gasteiger partial charge in [0.15, 0.2) is 0 Å². The normalized spacial score (nSPS) is 17.0. The number of pyridine rings is 1. The summed E-state index contributed by atoms with van der Waals surface area (Å²) < 4.78 is 37.3. The van der Waals surface area contributed by atoms with Gasteiger partial charge >= 0.3 is 6.03 Å². The Kier molecular flexibility index (Phi) is 5.07. The highest BCUT2D eigenvalue weighted by atomic mass is 32.2. The summed E-state index contributed by atoms with van der Waals surface area (Å²) in [6.07, 6.45) is 3.56. The van der Waals surface area contributed by atoms with Gasteiger partial charge in [-0.2, -0.15) is 12.7 Å². The van der Waals surface area contributed by atoms with E-state index in [2.05, 4.69) is 10.3 Å². The zero-order valence-electron chi connectivity index (χ0n) is 15.5. The van der Waals surface area contributed by atoms with Crippen LogP contribution in [0.4, 0.5) is 14.9 Å². The molecule has 0 unspecified atom stereocenters. The highest BCUT2D eigenvalue weighted by Gasteiger charge is 2.25. The van der Waals surface area contributed by atoms with Gasteiger partial charge in [-0.15, -0.1) is 0 Å². The summed E-state index contributed by atoms with van der Waals surface area (Å²) in [4.78, 5) is 18.1. The number of nitrogens with one attached hydrogen (secondary N) is 1. The van der Waals surface area contributed by atoms with Gasteiger partial charge in [-0.3, -0.25) is 4.98 Å². The van der Waals surface area contributed by atoms with E-state index in [-0.39, 0.29) is 12.6 Å². The minimum absolute atomic E-state index is 0.247. The van der Waals surface area contributed by atoms with Crippen molar-refractivity contribution in [1.29, 1.82) is 0 Å². The largest absolute Gasteiger partial charge is 0.322 e. The maximum atomic E-state index is 13.3. The number of nitrogens with two attached hydrogens (primary N) is 1. The van der Waals surface area contributed by atoms with Crippen LogP contribution in [-0.4, -0.2) is 41.7 Å². The number of fused-ring (bicyclic) bond motifs is 1. The number of carbonyl (C=O) groups excluding carboxylic acids is 1. The van der Waals surface area contributed by atoms with Crippen LogP contribution in [0, 0.1) is 5.82 Å². The molecule has 8 nitrogen and oxygen atoms in total. The fraction of sp³-hybridized carbons (Fsp3) is 0.263. The van der Waals surface area contributed by atoms with Crippen molar-refractivity contribution < 1.29 is 17.6 Å². The molecule has 0 atom stereocenters. The predicted molar refractivity (Wildman–Crippen MR) is 106 cm³/mol. The number of aromatic nitrogens is 1. The van der Waals surface area contributed by atoms with Crippen molar-refractivity contribution in [2.24, 2.45) is 5.14 Å². The molecule has 0 fully saturated rings. The Balaban J connectivity index is 1.38. The lowest BCUT2D eigenvalue weighted by molar-refractivity contribution is 0.212. The number of halogens is 1. The molecule has 3 heterocycles. The average Bonchev–Trinajstić information content (AvgIpc) is 3.11. The Morgan fingerprint density at radius 2 is 1.97 bits per heavy atom. The van der Waals surface area contributed by atoms with Crippen LogP contribution in [0.25, 0.3) is 5.57 Å². The molecular weight excluding hydrogens is 397 g/mol. The van der Waals surface area contributed by atoms with Gasteiger partial charge in [0.25, 0.3) is 10.2 Å². The van der Waals surface area contributed by atoms with Gasteiger partial charge in [0.1, 0.15) is 5.82 Å². The van der Waals surface area contributed by atoms with E-state index < -0.39 is 16.0 Å². The molecule has 2 aliphatic heterocycles. The number of hydrogen-bond donors (Lipinski definition) is 2. The molecule has 0 saturated carbocycles. The monoisotopic (exact) mass is 417 g/mol. The summed E-state index contributed by atoms with van der Waals surface area (Å²) in [6.45, 7) is 1.24. The van der Waals surface area contributed by atoms with Crippen molar-refractivity contribution >= 4 is 27.5 Å². The maximum absolute atomic E-state index is 13.3. The second-order valence-electron chi connectivity index (χ2n) is 7.01. The Morgan fingerprint density at radius 3 is 2.62 bits per heavy atom. The lowest BCUT2D eigenvalue weighted by Crippen LogP contribution is -2.39.